The van der Waals surface area contributed by atoms with Crippen LogP contribution in [-0.4, -0.2) is 5.91 Å². The molecule has 1 amide bonds. The Balaban J connectivity index is 0.000000154. The molecule has 2 bridgehead atoms. The van der Waals surface area contributed by atoms with Crippen LogP contribution >= 0.6 is 0 Å². The second kappa shape index (κ2) is 6.90. The quantitative estimate of drug-likeness (QED) is 0.506. The molecule has 0 unspecified atom stereocenters. The molecule has 2 heterocycles. The van der Waals surface area contributed by atoms with Gasteiger partial charge in [0.1, 0.15) is 12.4 Å². The average molecular weight is 284 g/mol. The number of hydrogen-bond acceptors (Lipinski definition) is 3. The van der Waals surface area contributed by atoms with Gasteiger partial charge >= 0.3 is 0 Å². The predicted octanol–water partition coefficient (Wildman–Crippen LogP) is 2.74. The van der Waals surface area contributed by atoms with Crippen LogP contribution in [0.1, 0.15) is 34.0 Å². The third-order valence-corrected chi connectivity index (χ3v) is 3.31. The number of aryl methyl sites for hydroxylation is 2. The van der Waals surface area contributed by atoms with E-state index in [1.165, 1.54) is 11.1 Å². The first kappa shape index (κ1) is 15.1. The van der Waals surface area contributed by atoms with Crippen molar-refractivity contribution in [3.8, 4) is 5.75 Å². The van der Waals surface area contributed by atoms with Crippen LogP contribution in [0.15, 0.2) is 42.5 Å². The zero-order chi connectivity index (χ0) is 15.2. The summed E-state index contributed by atoms with van der Waals surface area (Å²) in [5, 5.41) is 0. The van der Waals surface area contributed by atoms with Crippen molar-refractivity contribution in [1.29, 1.82) is 0 Å². The first-order chi connectivity index (χ1) is 10.1. The minimum Gasteiger partial charge on any atom is -0.489 e. The molecule has 4 heteroatoms. The van der Waals surface area contributed by atoms with Gasteiger partial charge in [-0.3, -0.25) is 10.2 Å². The zero-order valence-electron chi connectivity index (χ0n) is 12.3. The molecular weight excluding hydrogens is 264 g/mol. The van der Waals surface area contributed by atoms with Crippen LogP contribution in [0, 0.1) is 6.92 Å². The zero-order valence-corrected chi connectivity index (χ0v) is 12.3. The Morgan fingerprint density at radius 2 is 2.10 bits per heavy atom. The van der Waals surface area contributed by atoms with Crippen molar-refractivity contribution in [2.24, 2.45) is 5.84 Å². The maximum absolute atomic E-state index is 10.9. The van der Waals surface area contributed by atoms with Crippen LogP contribution in [0.4, 0.5) is 0 Å². The summed E-state index contributed by atoms with van der Waals surface area (Å²) in [5.74, 6) is 5.77. The molecule has 0 spiro atoms. The molecule has 110 valence electrons. The summed E-state index contributed by atoms with van der Waals surface area (Å²) >= 11 is 0. The van der Waals surface area contributed by atoms with Gasteiger partial charge in [0.2, 0.25) is 0 Å². The van der Waals surface area contributed by atoms with Crippen molar-refractivity contribution in [2.75, 3.05) is 0 Å². The van der Waals surface area contributed by atoms with Gasteiger partial charge in [0, 0.05) is 5.56 Å². The van der Waals surface area contributed by atoms with E-state index >= 15 is 0 Å². The van der Waals surface area contributed by atoms with Gasteiger partial charge in [-0.15, -0.1) is 0 Å². The average Bonchev–Trinajstić information content (AvgIpc) is 2.55. The van der Waals surface area contributed by atoms with Crippen LogP contribution in [0.2, 0.25) is 0 Å². The molecule has 2 aromatic carbocycles. The van der Waals surface area contributed by atoms with Crippen LogP contribution in [-0.2, 0) is 13.0 Å². The van der Waals surface area contributed by atoms with Crippen molar-refractivity contribution < 1.29 is 9.53 Å². The van der Waals surface area contributed by atoms with Gasteiger partial charge in [-0.05, 0) is 48.7 Å². The van der Waals surface area contributed by atoms with Crippen LogP contribution < -0.4 is 16.0 Å². The van der Waals surface area contributed by atoms with Crippen molar-refractivity contribution in [2.45, 2.75) is 26.9 Å². The normalized spacial score (nSPS) is 11.2. The maximum atomic E-state index is 10.9. The lowest BCUT2D eigenvalue weighted by Crippen LogP contribution is -2.29. The van der Waals surface area contributed by atoms with E-state index < -0.39 is 0 Å². The molecule has 0 saturated heterocycles. The van der Waals surface area contributed by atoms with Crippen LogP contribution in [0.25, 0.3) is 0 Å². The Hall–Kier alpha value is -2.33. The highest BCUT2D eigenvalue weighted by Crippen LogP contribution is 2.26. The molecule has 0 aromatic heterocycles. The van der Waals surface area contributed by atoms with E-state index in [4.69, 9.17) is 10.6 Å². The Labute approximate surface area is 124 Å². The molecular formula is C17H20N2O2. The van der Waals surface area contributed by atoms with E-state index in [9.17, 15) is 4.79 Å². The number of benzene rings is 2. The molecule has 2 aliphatic rings. The Morgan fingerprint density at radius 1 is 1.29 bits per heavy atom. The number of amides is 1. The lowest BCUT2D eigenvalue weighted by molar-refractivity contribution is 0.0953. The SMILES string of the molecule is CCc1cc2ccc1OC2.Cc1cccc(C(=O)NN)c1. The van der Waals surface area contributed by atoms with Gasteiger partial charge in [-0.1, -0.05) is 30.7 Å². The molecule has 2 aliphatic heterocycles. The summed E-state index contributed by atoms with van der Waals surface area (Å²) in [7, 11) is 0. The Bertz CT molecular complexity index is 638. The highest BCUT2D eigenvalue weighted by molar-refractivity contribution is 5.93. The third-order valence-electron chi connectivity index (χ3n) is 3.31. The van der Waals surface area contributed by atoms with Crippen molar-refractivity contribution >= 4 is 5.91 Å². The molecule has 3 N–H and O–H groups in total. The molecule has 2 aromatic rings. The van der Waals surface area contributed by atoms with Crippen molar-refractivity contribution in [1.82, 2.24) is 5.43 Å². The number of hydrazine groups is 1. The van der Waals surface area contributed by atoms with E-state index in [1.54, 1.807) is 12.1 Å². The number of fused-ring (bicyclic) bond motifs is 3. The van der Waals surface area contributed by atoms with Gasteiger partial charge in [0.05, 0.1) is 0 Å². The van der Waals surface area contributed by atoms with Gasteiger partial charge in [0.25, 0.3) is 5.91 Å². The van der Waals surface area contributed by atoms with Crippen molar-refractivity contribution in [3.63, 3.8) is 0 Å². The van der Waals surface area contributed by atoms with E-state index in [1.807, 2.05) is 19.1 Å². The molecule has 0 radical (unpaired) electrons. The fraction of sp³-hybridized carbons (Fsp3) is 0.235. The smallest absolute Gasteiger partial charge is 0.265 e. The number of nitrogen functional groups attached to an aromatic ring is 1. The second-order valence-corrected chi connectivity index (χ2v) is 4.93. The van der Waals surface area contributed by atoms with E-state index in [-0.39, 0.29) is 5.91 Å². The Morgan fingerprint density at radius 3 is 2.52 bits per heavy atom. The summed E-state index contributed by atoms with van der Waals surface area (Å²) < 4.78 is 5.40. The van der Waals surface area contributed by atoms with Crippen LogP contribution in [0.3, 0.4) is 0 Å². The highest BCUT2D eigenvalue weighted by Gasteiger charge is 2.09. The minimum atomic E-state index is -0.256. The third kappa shape index (κ3) is 3.83. The highest BCUT2D eigenvalue weighted by atomic mass is 16.5. The van der Waals surface area contributed by atoms with Crippen molar-refractivity contribution in [3.05, 3.63) is 64.7 Å². The monoisotopic (exact) mass is 284 g/mol. The standard InChI is InChI=1S/C9H10O.C8H10N2O/c1-2-8-5-7-3-4-9(8)10-6-7;1-6-3-2-4-7(5-6)8(11)10-9/h3-5H,2,6H2,1H3;2-5H,9H2,1H3,(H,10,11). The van der Waals surface area contributed by atoms with Gasteiger partial charge < -0.3 is 4.74 Å². The first-order valence-corrected chi connectivity index (χ1v) is 6.96. The Kier molecular flexibility index (Phi) is 4.95. The summed E-state index contributed by atoms with van der Waals surface area (Å²) in [4.78, 5) is 10.9. The maximum Gasteiger partial charge on any atom is 0.265 e. The summed E-state index contributed by atoms with van der Waals surface area (Å²) in [6.45, 7) is 4.85. The summed E-state index contributed by atoms with van der Waals surface area (Å²) in [6.07, 6.45) is 1.07. The van der Waals surface area contributed by atoms with E-state index in [2.05, 4.69) is 30.5 Å². The topological polar surface area (TPSA) is 64.3 Å². The largest absolute Gasteiger partial charge is 0.489 e. The summed E-state index contributed by atoms with van der Waals surface area (Å²) in [6, 6.07) is 13.6. The molecule has 0 fully saturated rings. The minimum absolute atomic E-state index is 0.256. The lowest BCUT2D eigenvalue weighted by Gasteiger charge is -2.17. The molecule has 0 saturated carbocycles. The molecule has 4 nitrogen and oxygen atoms in total. The molecule has 21 heavy (non-hydrogen) atoms. The summed E-state index contributed by atoms with van der Waals surface area (Å²) in [5.41, 5.74) is 6.34. The van der Waals surface area contributed by atoms with Gasteiger partial charge in [0.15, 0.2) is 0 Å². The number of hydrogen-bond donors (Lipinski definition) is 2. The van der Waals surface area contributed by atoms with E-state index in [0.29, 0.717) is 5.56 Å². The second-order valence-electron chi connectivity index (χ2n) is 4.93. The molecule has 0 atom stereocenters. The number of ether oxygens (including phenoxy) is 1. The van der Waals surface area contributed by atoms with Gasteiger partial charge in [-0.2, -0.15) is 0 Å². The fourth-order valence-corrected chi connectivity index (χ4v) is 2.17. The molecule has 0 aliphatic carbocycles. The van der Waals surface area contributed by atoms with Crippen LogP contribution in [0.5, 0.6) is 5.75 Å². The predicted molar refractivity (Wildman–Crippen MR) is 83.0 cm³/mol. The van der Waals surface area contributed by atoms with E-state index in [0.717, 1.165) is 24.3 Å². The number of nitrogens with one attached hydrogen (secondary N) is 1. The molecule has 4 rings (SSSR count). The van der Waals surface area contributed by atoms with Gasteiger partial charge in [-0.25, -0.2) is 5.84 Å². The number of nitrogens with two attached hydrogens (primary N) is 1. The number of carbonyl (C=O) groups is 1. The number of carbonyl (C=O) groups excluding carboxylic acids is 1. The fourth-order valence-electron chi connectivity index (χ4n) is 2.17. The lowest BCUT2D eigenvalue weighted by atomic mass is 10.1. The first-order valence-electron chi connectivity index (χ1n) is 6.96. The number of rotatable bonds is 2.